The fourth-order valence-corrected chi connectivity index (χ4v) is 3.83. The van der Waals surface area contributed by atoms with Crippen LogP contribution in [-0.4, -0.2) is 62.7 Å². The third-order valence-electron chi connectivity index (χ3n) is 5.27. The maximum atomic E-state index is 13.2. The molecule has 0 spiro atoms. The highest BCUT2D eigenvalue weighted by Crippen LogP contribution is 2.38. The lowest BCUT2D eigenvalue weighted by atomic mass is 10.1. The van der Waals surface area contributed by atoms with E-state index in [0.717, 1.165) is 31.3 Å². The van der Waals surface area contributed by atoms with E-state index in [0.29, 0.717) is 24.6 Å². The average Bonchev–Trinajstić information content (AvgIpc) is 2.75. The van der Waals surface area contributed by atoms with Crippen molar-refractivity contribution in [3.63, 3.8) is 0 Å². The molecule has 0 bridgehead atoms. The van der Waals surface area contributed by atoms with E-state index in [1.165, 1.54) is 12.1 Å². The van der Waals surface area contributed by atoms with Crippen molar-refractivity contribution in [3.8, 4) is 11.5 Å². The molecule has 2 aromatic carbocycles. The molecular formula is C22H25ClF3N3O3. The molecule has 0 unspecified atom stereocenters. The molecule has 3 rings (SSSR count). The SMILES string of the molecule is COc1ccc(CN2CCN(CC(=O)Nc3c(Cl)cccc3C(F)(F)F)CC2)cc1OC. The number of nitrogens with one attached hydrogen (secondary N) is 1. The van der Waals surface area contributed by atoms with Crippen LogP contribution in [0.15, 0.2) is 36.4 Å². The number of piperazine rings is 1. The van der Waals surface area contributed by atoms with Crippen LogP contribution in [0.2, 0.25) is 5.02 Å². The van der Waals surface area contributed by atoms with Gasteiger partial charge < -0.3 is 14.8 Å². The number of halogens is 4. The number of hydrogen-bond acceptors (Lipinski definition) is 5. The van der Waals surface area contributed by atoms with E-state index in [1.807, 2.05) is 23.1 Å². The third kappa shape index (κ3) is 6.05. The maximum absolute atomic E-state index is 13.2. The summed E-state index contributed by atoms with van der Waals surface area (Å²) >= 11 is 5.91. The first-order valence-electron chi connectivity index (χ1n) is 10.0. The summed E-state index contributed by atoms with van der Waals surface area (Å²) in [7, 11) is 3.17. The van der Waals surface area contributed by atoms with Crippen LogP contribution in [-0.2, 0) is 17.5 Å². The van der Waals surface area contributed by atoms with Crippen molar-refractivity contribution in [2.45, 2.75) is 12.7 Å². The van der Waals surface area contributed by atoms with E-state index in [-0.39, 0.29) is 11.6 Å². The predicted molar refractivity (Wildman–Crippen MR) is 116 cm³/mol. The Labute approximate surface area is 189 Å². The molecule has 1 aliphatic rings. The Hall–Kier alpha value is -2.49. The molecule has 174 valence electrons. The zero-order valence-corrected chi connectivity index (χ0v) is 18.6. The lowest BCUT2D eigenvalue weighted by Crippen LogP contribution is -2.48. The van der Waals surface area contributed by atoms with Gasteiger partial charge in [0, 0.05) is 32.7 Å². The minimum Gasteiger partial charge on any atom is -0.493 e. The van der Waals surface area contributed by atoms with Crippen LogP contribution in [0.3, 0.4) is 0 Å². The molecule has 0 atom stereocenters. The number of nitrogens with zero attached hydrogens (tertiary/aromatic N) is 2. The number of anilines is 1. The van der Waals surface area contributed by atoms with Crippen LogP contribution in [0.5, 0.6) is 11.5 Å². The first kappa shape index (κ1) is 24.2. The highest BCUT2D eigenvalue weighted by atomic mass is 35.5. The fourth-order valence-electron chi connectivity index (χ4n) is 3.61. The van der Waals surface area contributed by atoms with Gasteiger partial charge in [-0.2, -0.15) is 13.2 Å². The van der Waals surface area contributed by atoms with Crippen LogP contribution in [0.1, 0.15) is 11.1 Å². The van der Waals surface area contributed by atoms with E-state index < -0.39 is 23.3 Å². The summed E-state index contributed by atoms with van der Waals surface area (Å²) < 4.78 is 50.2. The number of benzene rings is 2. The molecular weight excluding hydrogens is 447 g/mol. The number of alkyl halides is 3. The van der Waals surface area contributed by atoms with Crippen molar-refractivity contribution in [3.05, 3.63) is 52.5 Å². The number of methoxy groups -OCH3 is 2. The van der Waals surface area contributed by atoms with Crippen LogP contribution in [0, 0.1) is 0 Å². The number of amides is 1. The molecule has 1 N–H and O–H groups in total. The van der Waals surface area contributed by atoms with Gasteiger partial charge in [-0.15, -0.1) is 0 Å². The second-order valence-corrected chi connectivity index (χ2v) is 7.86. The Morgan fingerprint density at radius 3 is 2.31 bits per heavy atom. The number of para-hydroxylation sites is 1. The Bertz CT molecular complexity index is 948. The molecule has 1 heterocycles. The van der Waals surface area contributed by atoms with Gasteiger partial charge in [0.15, 0.2) is 11.5 Å². The second kappa shape index (κ2) is 10.4. The van der Waals surface area contributed by atoms with Gasteiger partial charge in [0.1, 0.15) is 0 Å². The Balaban J connectivity index is 1.53. The summed E-state index contributed by atoms with van der Waals surface area (Å²) in [6.07, 6.45) is -4.61. The number of carbonyl (C=O) groups excluding carboxylic acids is 1. The largest absolute Gasteiger partial charge is 0.493 e. The Kier molecular flexibility index (Phi) is 7.86. The number of carbonyl (C=O) groups is 1. The van der Waals surface area contributed by atoms with E-state index in [9.17, 15) is 18.0 Å². The molecule has 32 heavy (non-hydrogen) atoms. The van der Waals surface area contributed by atoms with Crippen molar-refractivity contribution in [2.75, 3.05) is 52.3 Å². The summed E-state index contributed by atoms with van der Waals surface area (Å²) in [6.45, 7) is 3.40. The van der Waals surface area contributed by atoms with Crippen molar-refractivity contribution in [2.24, 2.45) is 0 Å². The van der Waals surface area contributed by atoms with Crippen LogP contribution < -0.4 is 14.8 Å². The van der Waals surface area contributed by atoms with Crippen molar-refractivity contribution < 1.29 is 27.4 Å². The molecule has 10 heteroatoms. The summed E-state index contributed by atoms with van der Waals surface area (Å²) in [5.41, 5.74) is -0.288. The topological polar surface area (TPSA) is 54.0 Å². The van der Waals surface area contributed by atoms with E-state index in [4.69, 9.17) is 21.1 Å². The van der Waals surface area contributed by atoms with E-state index >= 15 is 0 Å². The molecule has 1 saturated heterocycles. The number of ether oxygens (including phenoxy) is 2. The molecule has 0 radical (unpaired) electrons. The van der Waals surface area contributed by atoms with Crippen molar-refractivity contribution in [1.82, 2.24) is 9.80 Å². The number of hydrogen-bond donors (Lipinski definition) is 1. The molecule has 6 nitrogen and oxygen atoms in total. The minimum absolute atomic E-state index is 0.00722. The van der Waals surface area contributed by atoms with Gasteiger partial charge >= 0.3 is 6.18 Å². The van der Waals surface area contributed by atoms with Gasteiger partial charge in [0.25, 0.3) is 0 Å². The van der Waals surface area contributed by atoms with E-state index in [2.05, 4.69) is 10.2 Å². The van der Waals surface area contributed by atoms with E-state index in [1.54, 1.807) is 14.2 Å². The van der Waals surface area contributed by atoms with Gasteiger partial charge in [-0.1, -0.05) is 23.7 Å². The quantitative estimate of drug-likeness (QED) is 0.658. The van der Waals surface area contributed by atoms with Gasteiger partial charge in [-0.25, -0.2) is 0 Å². The minimum atomic E-state index is -4.61. The van der Waals surface area contributed by atoms with Crippen LogP contribution in [0.25, 0.3) is 0 Å². The first-order valence-corrected chi connectivity index (χ1v) is 10.4. The molecule has 1 fully saturated rings. The molecule has 0 aliphatic carbocycles. The maximum Gasteiger partial charge on any atom is 0.418 e. The zero-order chi connectivity index (χ0) is 23.3. The smallest absolute Gasteiger partial charge is 0.418 e. The van der Waals surface area contributed by atoms with Crippen molar-refractivity contribution >= 4 is 23.2 Å². The van der Waals surface area contributed by atoms with Gasteiger partial charge in [0.2, 0.25) is 5.91 Å². The summed E-state index contributed by atoms with van der Waals surface area (Å²) in [5.74, 6) is 0.800. The molecule has 2 aromatic rings. The highest BCUT2D eigenvalue weighted by molar-refractivity contribution is 6.34. The van der Waals surface area contributed by atoms with Gasteiger partial charge in [-0.3, -0.25) is 14.6 Å². The van der Waals surface area contributed by atoms with Crippen LogP contribution >= 0.6 is 11.6 Å². The second-order valence-electron chi connectivity index (χ2n) is 7.45. The summed E-state index contributed by atoms with van der Waals surface area (Å²) in [5, 5.41) is 2.19. The Morgan fingerprint density at radius 2 is 1.69 bits per heavy atom. The predicted octanol–water partition coefficient (Wildman–Crippen LogP) is 4.13. The highest BCUT2D eigenvalue weighted by Gasteiger charge is 2.35. The standard InChI is InChI=1S/C22H25ClF3N3O3/c1-31-18-7-6-15(12-19(18)32-2)13-28-8-10-29(11-9-28)14-20(30)27-21-16(22(24,25)26)4-3-5-17(21)23/h3-7,12H,8-11,13-14H2,1-2H3,(H,27,30). The summed E-state index contributed by atoms with van der Waals surface area (Å²) in [6, 6.07) is 9.19. The third-order valence-corrected chi connectivity index (χ3v) is 5.58. The van der Waals surface area contributed by atoms with Gasteiger partial charge in [0.05, 0.1) is 37.0 Å². The lowest BCUT2D eigenvalue weighted by molar-refractivity contribution is -0.137. The average molecular weight is 472 g/mol. The Morgan fingerprint density at radius 1 is 1.03 bits per heavy atom. The normalized spacial score (nSPS) is 15.4. The molecule has 1 aliphatic heterocycles. The molecule has 0 aromatic heterocycles. The first-order chi connectivity index (χ1) is 15.2. The molecule has 1 amide bonds. The van der Waals surface area contributed by atoms with Crippen molar-refractivity contribution in [1.29, 1.82) is 0 Å². The lowest BCUT2D eigenvalue weighted by Gasteiger charge is -2.34. The van der Waals surface area contributed by atoms with Crippen LogP contribution in [0.4, 0.5) is 18.9 Å². The summed E-state index contributed by atoms with van der Waals surface area (Å²) in [4.78, 5) is 16.5. The van der Waals surface area contributed by atoms with Gasteiger partial charge in [-0.05, 0) is 29.8 Å². The zero-order valence-electron chi connectivity index (χ0n) is 17.8. The number of rotatable bonds is 7. The monoisotopic (exact) mass is 471 g/mol. The molecule has 0 saturated carbocycles. The fraction of sp³-hybridized carbons (Fsp3) is 0.409.